The average Bonchev–Trinajstić information content (AvgIpc) is 3.21. The van der Waals surface area contributed by atoms with Crippen molar-refractivity contribution in [1.29, 1.82) is 0 Å². The first-order valence-electron chi connectivity index (χ1n) is 8.16. The number of hydrogen-bond donors (Lipinski definition) is 0. The van der Waals surface area contributed by atoms with Crippen LogP contribution in [0.25, 0.3) is 5.52 Å². The van der Waals surface area contributed by atoms with E-state index < -0.39 is 10.0 Å². The van der Waals surface area contributed by atoms with Gasteiger partial charge in [-0.1, -0.05) is 0 Å². The third-order valence-electron chi connectivity index (χ3n) is 4.80. The van der Waals surface area contributed by atoms with Crippen molar-refractivity contribution >= 4 is 21.4 Å². The standard InChI is InChI=1S/C15H19N5O3S/c21-15-6-3-9-19(15)12-4-2-8-18(11-12)24(22,23)14-10-17-20-13(14)5-1-7-16-20/h1,5,7,10,12H,2-4,6,8-9,11H2. The van der Waals surface area contributed by atoms with Gasteiger partial charge in [-0.3, -0.25) is 4.79 Å². The third kappa shape index (κ3) is 2.48. The molecule has 0 N–H and O–H groups in total. The molecule has 0 saturated carbocycles. The van der Waals surface area contributed by atoms with Crippen LogP contribution < -0.4 is 0 Å². The van der Waals surface area contributed by atoms with Crippen LogP contribution in [-0.2, 0) is 14.8 Å². The minimum atomic E-state index is -3.65. The molecule has 2 fully saturated rings. The van der Waals surface area contributed by atoms with Gasteiger partial charge in [0.25, 0.3) is 0 Å². The van der Waals surface area contributed by atoms with Crippen LogP contribution in [0.4, 0.5) is 0 Å². The quantitative estimate of drug-likeness (QED) is 0.805. The summed E-state index contributed by atoms with van der Waals surface area (Å²) in [5, 5.41) is 8.04. The van der Waals surface area contributed by atoms with E-state index in [0.717, 1.165) is 25.8 Å². The van der Waals surface area contributed by atoms with Gasteiger partial charge in [0.15, 0.2) is 0 Å². The van der Waals surface area contributed by atoms with E-state index in [2.05, 4.69) is 10.2 Å². The molecular weight excluding hydrogens is 330 g/mol. The number of aromatic nitrogens is 3. The van der Waals surface area contributed by atoms with Crippen LogP contribution in [0.1, 0.15) is 25.7 Å². The van der Waals surface area contributed by atoms with Crippen molar-refractivity contribution in [3.63, 3.8) is 0 Å². The molecule has 1 amide bonds. The first kappa shape index (κ1) is 15.5. The molecule has 1 unspecified atom stereocenters. The Labute approximate surface area is 140 Å². The summed E-state index contributed by atoms with van der Waals surface area (Å²) in [7, 11) is -3.65. The first-order valence-corrected chi connectivity index (χ1v) is 9.60. The van der Waals surface area contributed by atoms with Crippen molar-refractivity contribution in [3.8, 4) is 0 Å². The molecule has 0 radical (unpaired) electrons. The summed E-state index contributed by atoms with van der Waals surface area (Å²) in [6.45, 7) is 1.56. The average molecular weight is 349 g/mol. The van der Waals surface area contributed by atoms with Crippen molar-refractivity contribution in [1.82, 2.24) is 24.0 Å². The molecule has 0 aliphatic carbocycles. The van der Waals surface area contributed by atoms with Crippen LogP contribution in [-0.4, -0.2) is 64.0 Å². The lowest BCUT2D eigenvalue weighted by Gasteiger charge is -2.36. The fourth-order valence-electron chi connectivity index (χ4n) is 3.60. The second-order valence-electron chi connectivity index (χ2n) is 6.26. The fourth-order valence-corrected chi connectivity index (χ4v) is 5.21. The molecule has 2 aromatic heterocycles. The minimum absolute atomic E-state index is 0.0245. The topological polar surface area (TPSA) is 87.9 Å². The number of likely N-dealkylation sites (tertiary alicyclic amines) is 1. The predicted octanol–water partition coefficient (Wildman–Crippen LogP) is 0.505. The monoisotopic (exact) mass is 349 g/mol. The number of nitrogens with zero attached hydrogens (tertiary/aromatic N) is 5. The minimum Gasteiger partial charge on any atom is -0.338 e. The molecule has 0 bridgehead atoms. The number of carbonyl (C=O) groups is 1. The molecule has 2 saturated heterocycles. The van der Waals surface area contributed by atoms with E-state index in [4.69, 9.17) is 0 Å². The van der Waals surface area contributed by atoms with Crippen LogP contribution in [0.15, 0.2) is 29.4 Å². The van der Waals surface area contributed by atoms with E-state index in [9.17, 15) is 13.2 Å². The SMILES string of the molecule is O=C1CCCN1C1CCCN(S(=O)(=O)c2cnn3ncccc23)C1. The number of carbonyl (C=O) groups excluding carboxylic acids is 1. The van der Waals surface area contributed by atoms with Gasteiger partial charge in [-0.2, -0.15) is 19.1 Å². The summed E-state index contributed by atoms with van der Waals surface area (Å²) in [6.07, 6.45) is 5.96. The third-order valence-corrected chi connectivity index (χ3v) is 6.68. The van der Waals surface area contributed by atoms with Gasteiger partial charge in [0, 0.05) is 38.3 Å². The van der Waals surface area contributed by atoms with Gasteiger partial charge in [0.1, 0.15) is 10.4 Å². The Hall–Kier alpha value is -2.00. The molecule has 2 aliphatic rings. The van der Waals surface area contributed by atoms with E-state index in [1.54, 1.807) is 18.3 Å². The summed E-state index contributed by atoms with van der Waals surface area (Å²) < 4.78 is 28.9. The zero-order valence-corrected chi connectivity index (χ0v) is 14.0. The van der Waals surface area contributed by atoms with E-state index in [0.29, 0.717) is 25.0 Å². The summed E-state index contributed by atoms with van der Waals surface area (Å²) in [5.41, 5.74) is 0.469. The number of amides is 1. The van der Waals surface area contributed by atoms with Gasteiger partial charge in [-0.15, -0.1) is 0 Å². The lowest BCUT2D eigenvalue weighted by atomic mass is 10.1. The number of fused-ring (bicyclic) bond motifs is 1. The second kappa shape index (κ2) is 5.82. The van der Waals surface area contributed by atoms with Gasteiger partial charge in [0.05, 0.1) is 6.20 Å². The second-order valence-corrected chi connectivity index (χ2v) is 8.16. The fraction of sp³-hybridized carbons (Fsp3) is 0.533. The Kier molecular flexibility index (Phi) is 3.76. The number of rotatable bonds is 3. The maximum absolute atomic E-state index is 13.0. The Morgan fingerprint density at radius 1 is 1.17 bits per heavy atom. The van der Waals surface area contributed by atoms with Crippen LogP contribution >= 0.6 is 0 Å². The zero-order valence-electron chi connectivity index (χ0n) is 13.2. The summed E-state index contributed by atoms with van der Waals surface area (Å²) in [4.78, 5) is 14.0. The number of hydrogen-bond acceptors (Lipinski definition) is 5. The summed E-state index contributed by atoms with van der Waals surface area (Å²) in [5.74, 6) is 0.138. The highest BCUT2D eigenvalue weighted by Gasteiger charge is 2.37. The molecule has 0 spiro atoms. The van der Waals surface area contributed by atoms with Crippen LogP contribution in [0.2, 0.25) is 0 Å². The smallest absolute Gasteiger partial charge is 0.246 e. The maximum atomic E-state index is 13.0. The Bertz CT molecular complexity index is 878. The molecule has 128 valence electrons. The van der Waals surface area contributed by atoms with Gasteiger partial charge in [-0.25, -0.2) is 8.42 Å². The van der Waals surface area contributed by atoms with E-state index in [1.807, 2.05) is 4.90 Å². The molecular formula is C15H19N5O3S. The Morgan fingerprint density at radius 3 is 2.83 bits per heavy atom. The van der Waals surface area contributed by atoms with Crippen molar-refractivity contribution < 1.29 is 13.2 Å². The summed E-state index contributed by atoms with van der Waals surface area (Å²) in [6, 6.07) is 3.36. The molecule has 9 heteroatoms. The number of sulfonamides is 1. The van der Waals surface area contributed by atoms with E-state index in [1.165, 1.54) is 15.1 Å². The lowest BCUT2D eigenvalue weighted by molar-refractivity contribution is -0.130. The molecule has 1 atom stereocenters. The van der Waals surface area contributed by atoms with Gasteiger partial charge < -0.3 is 4.90 Å². The molecule has 4 rings (SSSR count). The van der Waals surface area contributed by atoms with Crippen molar-refractivity contribution in [2.24, 2.45) is 0 Å². The van der Waals surface area contributed by atoms with E-state index in [-0.39, 0.29) is 16.8 Å². The molecule has 2 aromatic rings. The first-order chi connectivity index (χ1) is 11.6. The van der Waals surface area contributed by atoms with E-state index >= 15 is 0 Å². The van der Waals surface area contributed by atoms with Crippen LogP contribution in [0.5, 0.6) is 0 Å². The Balaban J connectivity index is 1.63. The normalized spacial score (nSPS) is 23.2. The molecule has 2 aliphatic heterocycles. The highest BCUT2D eigenvalue weighted by atomic mass is 32.2. The van der Waals surface area contributed by atoms with Crippen molar-refractivity contribution in [2.75, 3.05) is 19.6 Å². The number of piperidine rings is 1. The highest BCUT2D eigenvalue weighted by molar-refractivity contribution is 7.89. The van der Waals surface area contributed by atoms with Crippen molar-refractivity contribution in [3.05, 3.63) is 24.5 Å². The maximum Gasteiger partial charge on any atom is 0.246 e. The molecule has 24 heavy (non-hydrogen) atoms. The van der Waals surface area contributed by atoms with Gasteiger partial charge in [-0.05, 0) is 31.4 Å². The van der Waals surface area contributed by atoms with Gasteiger partial charge >= 0.3 is 0 Å². The largest absolute Gasteiger partial charge is 0.338 e. The summed E-state index contributed by atoms with van der Waals surface area (Å²) >= 11 is 0. The van der Waals surface area contributed by atoms with Crippen molar-refractivity contribution in [2.45, 2.75) is 36.6 Å². The highest BCUT2D eigenvalue weighted by Crippen LogP contribution is 2.27. The lowest BCUT2D eigenvalue weighted by Crippen LogP contribution is -2.50. The van der Waals surface area contributed by atoms with Crippen LogP contribution in [0, 0.1) is 0 Å². The van der Waals surface area contributed by atoms with Crippen LogP contribution in [0.3, 0.4) is 0 Å². The molecule has 0 aromatic carbocycles. The Morgan fingerprint density at radius 2 is 2.04 bits per heavy atom. The molecule has 8 nitrogen and oxygen atoms in total. The zero-order chi connectivity index (χ0) is 16.7. The van der Waals surface area contributed by atoms with Gasteiger partial charge in [0.2, 0.25) is 15.9 Å². The predicted molar refractivity (Wildman–Crippen MR) is 85.7 cm³/mol. The molecule has 4 heterocycles.